The Morgan fingerprint density at radius 3 is 2.68 bits per heavy atom. The Morgan fingerprint density at radius 1 is 1.32 bits per heavy atom. The summed E-state index contributed by atoms with van der Waals surface area (Å²) in [6.45, 7) is 7.15. The number of piperazine rings is 1. The van der Waals surface area contributed by atoms with Crippen LogP contribution >= 0.6 is 0 Å². The van der Waals surface area contributed by atoms with E-state index >= 15 is 4.39 Å². The first-order valence-corrected chi connectivity index (χ1v) is 12.2. The van der Waals surface area contributed by atoms with Crippen molar-refractivity contribution in [2.24, 2.45) is 11.8 Å². The summed E-state index contributed by atoms with van der Waals surface area (Å²) in [5.41, 5.74) is 5.17. The van der Waals surface area contributed by atoms with E-state index in [4.69, 9.17) is 0 Å². The number of hydrogen-bond donors (Lipinski definition) is 3. The standard InChI is InChI=1S/C23H38FN7O3/c1-5-19-13-31(15(2)11-29(19)4)22-20(24)21(25-16(3)26-22)27-28-23(33)18(12-30(34)14-32)10-17-8-6-7-9-17/h14-15,17-19,34H,5-13H2,1-4H3,(H,28,33)(H,25,26,27). The third-order valence-corrected chi connectivity index (χ3v) is 7.10. The number of nitrogens with one attached hydrogen (secondary N) is 2. The van der Waals surface area contributed by atoms with Crippen LogP contribution in [0.3, 0.4) is 0 Å². The molecule has 2 amide bonds. The van der Waals surface area contributed by atoms with Crippen molar-refractivity contribution in [1.82, 2.24) is 25.4 Å². The van der Waals surface area contributed by atoms with E-state index in [1.165, 1.54) is 0 Å². The lowest BCUT2D eigenvalue weighted by Crippen LogP contribution is -2.56. The van der Waals surface area contributed by atoms with E-state index in [2.05, 4.69) is 39.7 Å². The number of anilines is 2. The van der Waals surface area contributed by atoms with Gasteiger partial charge in [0.1, 0.15) is 5.82 Å². The summed E-state index contributed by atoms with van der Waals surface area (Å²) in [7, 11) is 2.08. The molecule has 0 bridgehead atoms. The molecule has 3 N–H and O–H groups in total. The van der Waals surface area contributed by atoms with Gasteiger partial charge in [0.15, 0.2) is 11.6 Å². The lowest BCUT2D eigenvalue weighted by molar-refractivity contribution is -0.154. The summed E-state index contributed by atoms with van der Waals surface area (Å²) >= 11 is 0. The average Bonchev–Trinajstić information content (AvgIpc) is 3.32. The number of halogens is 1. The molecule has 3 atom stereocenters. The van der Waals surface area contributed by atoms with Gasteiger partial charge >= 0.3 is 0 Å². The SMILES string of the molecule is CCC1CN(c2nc(C)nc(NNC(=O)C(CC3CCCC3)CN(O)C=O)c2F)C(C)CN1C. The fourth-order valence-corrected chi connectivity index (χ4v) is 5.17. The van der Waals surface area contributed by atoms with Gasteiger partial charge in [-0.1, -0.05) is 32.6 Å². The van der Waals surface area contributed by atoms with E-state index in [0.29, 0.717) is 29.8 Å². The number of carbonyl (C=O) groups is 2. The molecule has 0 aromatic carbocycles. The fourth-order valence-electron chi connectivity index (χ4n) is 5.17. The monoisotopic (exact) mass is 479 g/mol. The normalized spacial score (nSPS) is 22.5. The molecule has 34 heavy (non-hydrogen) atoms. The van der Waals surface area contributed by atoms with Crippen molar-refractivity contribution < 1.29 is 19.2 Å². The second-order valence-corrected chi connectivity index (χ2v) is 9.68. The Kier molecular flexibility index (Phi) is 9.01. The predicted octanol–water partition coefficient (Wildman–Crippen LogP) is 2.33. The van der Waals surface area contributed by atoms with Crippen molar-refractivity contribution in [2.45, 2.75) is 71.4 Å². The van der Waals surface area contributed by atoms with Gasteiger partial charge < -0.3 is 4.90 Å². The van der Waals surface area contributed by atoms with Gasteiger partial charge in [-0.25, -0.2) is 15.0 Å². The van der Waals surface area contributed by atoms with Crippen LogP contribution in [0.15, 0.2) is 0 Å². The minimum Gasteiger partial charge on any atom is -0.348 e. The Bertz CT molecular complexity index is 852. The summed E-state index contributed by atoms with van der Waals surface area (Å²) in [5.74, 6) is -0.813. The molecule has 1 aromatic rings. The maximum atomic E-state index is 15.5. The van der Waals surface area contributed by atoms with Crippen molar-refractivity contribution in [3.8, 4) is 0 Å². The summed E-state index contributed by atoms with van der Waals surface area (Å²) in [6.07, 6.45) is 6.05. The highest BCUT2D eigenvalue weighted by molar-refractivity contribution is 5.80. The van der Waals surface area contributed by atoms with Gasteiger partial charge in [-0.3, -0.25) is 30.5 Å². The molecule has 190 valence electrons. The van der Waals surface area contributed by atoms with Crippen LogP contribution in [0, 0.1) is 24.6 Å². The maximum absolute atomic E-state index is 15.5. The highest BCUT2D eigenvalue weighted by atomic mass is 19.1. The number of nitrogens with zero attached hydrogens (tertiary/aromatic N) is 5. The zero-order chi connectivity index (χ0) is 24.8. The molecule has 1 aliphatic carbocycles. The summed E-state index contributed by atoms with van der Waals surface area (Å²) in [5, 5.41) is 10.1. The topological polar surface area (TPSA) is 114 Å². The lowest BCUT2D eigenvalue weighted by Gasteiger charge is -2.44. The van der Waals surface area contributed by atoms with E-state index < -0.39 is 17.6 Å². The first kappa shape index (κ1) is 26.1. The van der Waals surface area contributed by atoms with E-state index in [1.54, 1.807) is 6.92 Å². The molecule has 11 heteroatoms. The van der Waals surface area contributed by atoms with Crippen LogP contribution in [0.2, 0.25) is 0 Å². The van der Waals surface area contributed by atoms with Crippen LogP contribution in [-0.4, -0.2) is 76.2 Å². The molecular weight excluding hydrogens is 441 g/mol. The van der Waals surface area contributed by atoms with E-state index in [-0.39, 0.29) is 36.7 Å². The first-order chi connectivity index (χ1) is 16.2. The van der Waals surface area contributed by atoms with Crippen molar-refractivity contribution in [3.05, 3.63) is 11.6 Å². The van der Waals surface area contributed by atoms with Crippen LogP contribution in [0.4, 0.5) is 16.0 Å². The average molecular weight is 480 g/mol. The number of aromatic nitrogens is 2. The number of rotatable bonds is 10. The van der Waals surface area contributed by atoms with Crippen LogP contribution < -0.4 is 15.8 Å². The van der Waals surface area contributed by atoms with Gasteiger partial charge in [0.05, 0.1) is 12.5 Å². The zero-order valence-corrected chi connectivity index (χ0v) is 20.6. The highest BCUT2D eigenvalue weighted by Gasteiger charge is 2.32. The molecule has 3 unspecified atom stereocenters. The molecule has 1 saturated heterocycles. The molecule has 1 aromatic heterocycles. The smallest absolute Gasteiger partial charge is 0.243 e. The van der Waals surface area contributed by atoms with Gasteiger partial charge in [-0.15, -0.1) is 0 Å². The molecule has 2 heterocycles. The zero-order valence-electron chi connectivity index (χ0n) is 20.6. The molecule has 3 rings (SSSR count). The van der Waals surface area contributed by atoms with Gasteiger partial charge in [-0.05, 0) is 39.7 Å². The first-order valence-electron chi connectivity index (χ1n) is 12.2. The largest absolute Gasteiger partial charge is 0.348 e. The van der Waals surface area contributed by atoms with Crippen molar-refractivity contribution in [1.29, 1.82) is 0 Å². The third kappa shape index (κ3) is 6.32. The van der Waals surface area contributed by atoms with Crippen molar-refractivity contribution >= 4 is 24.0 Å². The number of likely N-dealkylation sites (N-methyl/N-ethyl adjacent to an activating group) is 1. The summed E-state index contributed by atoms with van der Waals surface area (Å²) in [4.78, 5) is 36.6. The molecule has 2 fully saturated rings. The Labute approximate surface area is 200 Å². The number of carbonyl (C=O) groups excluding carboxylic acids is 2. The predicted molar refractivity (Wildman–Crippen MR) is 127 cm³/mol. The quantitative estimate of drug-likeness (QED) is 0.266. The maximum Gasteiger partial charge on any atom is 0.243 e. The second kappa shape index (κ2) is 11.7. The number of hydroxylamine groups is 2. The number of amides is 2. The number of hydrazine groups is 1. The molecule has 0 radical (unpaired) electrons. The van der Waals surface area contributed by atoms with E-state index in [1.807, 2.05) is 11.8 Å². The van der Waals surface area contributed by atoms with Crippen LogP contribution in [-0.2, 0) is 9.59 Å². The molecule has 10 nitrogen and oxygen atoms in total. The Balaban J connectivity index is 1.73. The minimum absolute atomic E-state index is 0.0636. The summed E-state index contributed by atoms with van der Waals surface area (Å²) in [6, 6.07) is 0.353. The van der Waals surface area contributed by atoms with Gasteiger partial charge in [0.25, 0.3) is 0 Å². The Hall–Kier alpha value is -2.53. The molecule has 0 spiro atoms. The van der Waals surface area contributed by atoms with Gasteiger partial charge in [0, 0.05) is 25.2 Å². The molecular formula is C23H38FN7O3. The third-order valence-electron chi connectivity index (χ3n) is 7.10. The Morgan fingerprint density at radius 2 is 2.03 bits per heavy atom. The van der Waals surface area contributed by atoms with Crippen molar-refractivity contribution in [3.63, 3.8) is 0 Å². The minimum atomic E-state index is -0.626. The van der Waals surface area contributed by atoms with Gasteiger partial charge in [0.2, 0.25) is 18.1 Å². The van der Waals surface area contributed by atoms with Crippen LogP contribution in [0.5, 0.6) is 0 Å². The number of aryl methyl sites for hydroxylation is 1. The number of hydrogen-bond acceptors (Lipinski definition) is 8. The fraction of sp³-hybridized carbons (Fsp3) is 0.739. The van der Waals surface area contributed by atoms with E-state index in [9.17, 15) is 14.8 Å². The molecule has 1 aliphatic heterocycles. The van der Waals surface area contributed by atoms with Crippen molar-refractivity contribution in [2.75, 3.05) is 37.0 Å². The lowest BCUT2D eigenvalue weighted by atomic mass is 9.92. The van der Waals surface area contributed by atoms with Gasteiger partial charge in [-0.2, -0.15) is 4.39 Å². The summed E-state index contributed by atoms with van der Waals surface area (Å²) < 4.78 is 15.5. The van der Waals surface area contributed by atoms with E-state index in [0.717, 1.165) is 38.6 Å². The van der Waals surface area contributed by atoms with Crippen LogP contribution in [0.1, 0.15) is 58.2 Å². The second-order valence-electron chi connectivity index (χ2n) is 9.68. The molecule has 2 aliphatic rings. The highest BCUT2D eigenvalue weighted by Crippen LogP contribution is 2.31. The van der Waals surface area contributed by atoms with Crippen LogP contribution in [0.25, 0.3) is 0 Å². The molecule has 1 saturated carbocycles.